The molecule has 1 heterocycles. The summed E-state index contributed by atoms with van der Waals surface area (Å²) in [5.41, 5.74) is 3.14. The molecule has 0 aliphatic rings. The van der Waals surface area contributed by atoms with Crippen LogP contribution in [0, 0.1) is 6.92 Å². The number of anilines is 1. The van der Waals surface area contributed by atoms with E-state index in [1.54, 1.807) is 6.07 Å². The van der Waals surface area contributed by atoms with E-state index in [0.717, 1.165) is 11.1 Å². The van der Waals surface area contributed by atoms with Crippen molar-refractivity contribution in [2.45, 2.75) is 27.0 Å². The predicted molar refractivity (Wildman–Crippen MR) is 99.6 cm³/mol. The number of hydrogen-bond donors (Lipinski definition) is 2. The Morgan fingerprint density at radius 3 is 2.58 bits per heavy atom. The molecule has 0 saturated heterocycles. The average molecular weight is 374 g/mol. The number of aromatic amines is 1. The maximum absolute atomic E-state index is 6.40. The molecule has 0 atom stereocenters. The molecule has 1 aromatic heterocycles. The molecule has 2 N–H and O–H groups in total. The first kappa shape index (κ1) is 18.0. The largest absolute Gasteiger partial charge is 0.490 e. The third kappa shape index (κ3) is 4.64. The number of halogens is 1. The van der Waals surface area contributed by atoms with Crippen LogP contribution in [0.5, 0.6) is 11.5 Å². The first-order valence-corrected chi connectivity index (χ1v) is 8.64. The molecule has 8 heteroatoms. The summed E-state index contributed by atoms with van der Waals surface area (Å²) >= 11 is 6.40. The Bertz CT molecular complexity index is 838. The Hall–Kier alpha value is -2.80. The van der Waals surface area contributed by atoms with Gasteiger partial charge in [-0.25, -0.2) is 0 Å². The maximum Gasteiger partial charge on any atom is 0.263 e. The summed E-state index contributed by atoms with van der Waals surface area (Å²) in [6, 6.07) is 11.8. The molecule has 0 radical (unpaired) electrons. The summed E-state index contributed by atoms with van der Waals surface area (Å²) in [4.78, 5) is 0. The van der Waals surface area contributed by atoms with Crippen LogP contribution in [0.4, 0.5) is 5.95 Å². The summed E-state index contributed by atoms with van der Waals surface area (Å²) in [6.07, 6.45) is 0. The normalized spacial score (nSPS) is 10.6. The van der Waals surface area contributed by atoms with Crippen molar-refractivity contribution in [3.63, 3.8) is 0 Å². The molecule has 0 saturated carbocycles. The van der Waals surface area contributed by atoms with E-state index in [0.29, 0.717) is 42.2 Å². The second-order valence-electron chi connectivity index (χ2n) is 5.69. The van der Waals surface area contributed by atoms with Gasteiger partial charge in [0.25, 0.3) is 5.95 Å². The predicted octanol–water partition coefficient (Wildman–Crippen LogP) is 3.75. The molecule has 0 amide bonds. The number of aryl methyl sites for hydroxylation is 1. The molecule has 3 aromatic rings. The zero-order chi connectivity index (χ0) is 18.4. The number of nitrogens with one attached hydrogen (secondary N) is 2. The number of benzene rings is 2. The SMILES string of the molecule is CCOc1cc(CNc2nn[nH]n2)c(Cl)cc1OCc1ccc(C)cc1. The van der Waals surface area contributed by atoms with Crippen molar-refractivity contribution >= 4 is 17.5 Å². The van der Waals surface area contributed by atoms with Crippen molar-refractivity contribution in [3.05, 3.63) is 58.1 Å². The summed E-state index contributed by atoms with van der Waals surface area (Å²) in [7, 11) is 0. The van der Waals surface area contributed by atoms with Gasteiger partial charge in [0.05, 0.1) is 6.61 Å². The molecule has 7 nitrogen and oxygen atoms in total. The van der Waals surface area contributed by atoms with Crippen LogP contribution in [-0.4, -0.2) is 27.2 Å². The van der Waals surface area contributed by atoms with Gasteiger partial charge in [0.1, 0.15) is 6.61 Å². The Morgan fingerprint density at radius 1 is 1.12 bits per heavy atom. The molecule has 0 bridgehead atoms. The Kier molecular flexibility index (Phi) is 5.91. The van der Waals surface area contributed by atoms with Crippen LogP contribution in [0.15, 0.2) is 36.4 Å². The Balaban J connectivity index is 1.73. The number of H-pyrrole nitrogens is 1. The van der Waals surface area contributed by atoms with Crippen molar-refractivity contribution in [1.29, 1.82) is 0 Å². The smallest absolute Gasteiger partial charge is 0.263 e. The van der Waals surface area contributed by atoms with Gasteiger partial charge >= 0.3 is 0 Å². The molecule has 26 heavy (non-hydrogen) atoms. The van der Waals surface area contributed by atoms with Crippen LogP contribution in [0.25, 0.3) is 0 Å². The van der Waals surface area contributed by atoms with E-state index in [-0.39, 0.29) is 0 Å². The molecular weight excluding hydrogens is 354 g/mol. The highest BCUT2D eigenvalue weighted by Crippen LogP contribution is 2.34. The Morgan fingerprint density at radius 2 is 1.88 bits per heavy atom. The van der Waals surface area contributed by atoms with Crippen LogP contribution in [0.3, 0.4) is 0 Å². The summed E-state index contributed by atoms with van der Waals surface area (Å²) < 4.78 is 11.6. The number of hydrogen-bond acceptors (Lipinski definition) is 6. The van der Waals surface area contributed by atoms with E-state index in [2.05, 4.69) is 45.0 Å². The number of rotatable bonds is 8. The lowest BCUT2D eigenvalue weighted by Crippen LogP contribution is -2.05. The number of ether oxygens (including phenoxy) is 2. The quantitative estimate of drug-likeness (QED) is 0.625. The standard InChI is InChI=1S/C18H20ClN5O2/c1-3-25-16-8-14(10-20-18-21-23-24-22-18)15(19)9-17(16)26-11-13-6-4-12(2)5-7-13/h4-9H,3,10-11H2,1-2H3,(H2,20,21,22,23,24). The van der Waals surface area contributed by atoms with Gasteiger partial charge in [0.15, 0.2) is 11.5 Å². The van der Waals surface area contributed by atoms with E-state index < -0.39 is 0 Å². The van der Waals surface area contributed by atoms with E-state index in [1.807, 2.05) is 25.1 Å². The van der Waals surface area contributed by atoms with E-state index in [9.17, 15) is 0 Å². The van der Waals surface area contributed by atoms with Crippen LogP contribution in [-0.2, 0) is 13.2 Å². The number of tetrazole rings is 1. The fourth-order valence-corrected chi connectivity index (χ4v) is 2.57. The van der Waals surface area contributed by atoms with Crippen LogP contribution in [0.1, 0.15) is 23.6 Å². The fraction of sp³-hybridized carbons (Fsp3) is 0.278. The van der Waals surface area contributed by atoms with Crippen LogP contribution >= 0.6 is 11.6 Å². The van der Waals surface area contributed by atoms with Crippen molar-refractivity contribution in [3.8, 4) is 11.5 Å². The highest BCUT2D eigenvalue weighted by atomic mass is 35.5. The van der Waals surface area contributed by atoms with Crippen molar-refractivity contribution in [2.24, 2.45) is 0 Å². The number of aromatic nitrogens is 4. The minimum Gasteiger partial charge on any atom is -0.490 e. The van der Waals surface area contributed by atoms with Gasteiger partial charge in [0, 0.05) is 17.6 Å². The zero-order valence-electron chi connectivity index (χ0n) is 14.6. The molecular formula is C18H20ClN5O2. The van der Waals surface area contributed by atoms with E-state index in [4.69, 9.17) is 21.1 Å². The number of nitrogens with zero attached hydrogens (tertiary/aromatic N) is 3. The summed E-state index contributed by atoms with van der Waals surface area (Å²) in [5.74, 6) is 1.66. The van der Waals surface area contributed by atoms with Gasteiger partial charge < -0.3 is 14.8 Å². The van der Waals surface area contributed by atoms with Gasteiger partial charge in [-0.3, -0.25) is 0 Å². The first-order valence-electron chi connectivity index (χ1n) is 8.26. The molecule has 0 spiro atoms. The Labute approximate surface area is 156 Å². The monoisotopic (exact) mass is 373 g/mol. The maximum atomic E-state index is 6.40. The zero-order valence-corrected chi connectivity index (χ0v) is 15.4. The lowest BCUT2D eigenvalue weighted by Gasteiger charge is -2.15. The van der Waals surface area contributed by atoms with Crippen molar-refractivity contribution in [2.75, 3.05) is 11.9 Å². The lowest BCUT2D eigenvalue weighted by molar-refractivity contribution is 0.269. The van der Waals surface area contributed by atoms with Gasteiger partial charge in [-0.1, -0.05) is 46.5 Å². The molecule has 0 aliphatic carbocycles. The van der Waals surface area contributed by atoms with Gasteiger partial charge in [-0.2, -0.15) is 5.21 Å². The lowest BCUT2D eigenvalue weighted by atomic mass is 10.1. The third-order valence-corrected chi connectivity index (χ3v) is 4.06. The van der Waals surface area contributed by atoms with Crippen molar-refractivity contribution < 1.29 is 9.47 Å². The molecule has 2 aromatic carbocycles. The topological polar surface area (TPSA) is 85.0 Å². The van der Waals surface area contributed by atoms with Crippen LogP contribution < -0.4 is 14.8 Å². The second-order valence-corrected chi connectivity index (χ2v) is 6.09. The van der Waals surface area contributed by atoms with Gasteiger partial charge in [-0.15, -0.1) is 5.10 Å². The highest BCUT2D eigenvalue weighted by Gasteiger charge is 2.12. The van der Waals surface area contributed by atoms with Gasteiger partial charge in [-0.05, 0) is 36.3 Å². The molecule has 0 fully saturated rings. The van der Waals surface area contributed by atoms with Gasteiger partial charge in [0.2, 0.25) is 0 Å². The third-order valence-electron chi connectivity index (χ3n) is 3.71. The fourth-order valence-electron chi connectivity index (χ4n) is 2.35. The minimum atomic E-state index is 0.402. The second kappa shape index (κ2) is 8.53. The average Bonchev–Trinajstić information content (AvgIpc) is 3.15. The highest BCUT2D eigenvalue weighted by molar-refractivity contribution is 6.31. The molecule has 3 rings (SSSR count). The summed E-state index contributed by atoms with van der Waals surface area (Å²) in [6.45, 7) is 5.39. The first-order chi connectivity index (χ1) is 12.7. The van der Waals surface area contributed by atoms with E-state index >= 15 is 0 Å². The summed E-state index contributed by atoms with van der Waals surface area (Å²) in [5, 5.41) is 17.2. The van der Waals surface area contributed by atoms with Crippen LogP contribution in [0.2, 0.25) is 5.02 Å². The van der Waals surface area contributed by atoms with E-state index in [1.165, 1.54) is 5.56 Å². The minimum absolute atomic E-state index is 0.402. The molecule has 0 unspecified atom stereocenters. The molecule has 136 valence electrons. The molecule has 0 aliphatic heterocycles. The van der Waals surface area contributed by atoms with Crippen molar-refractivity contribution in [1.82, 2.24) is 20.6 Å².